The lowest BCUT2D eigenvalue weighted by Crippen LogP contribution is -1.98. The summed E-state index contributed by atoms with van der Waals surface area (Å²) >= 11 is 0. The molecule has 45 heavy (non-hydrogen) atoms. The zero-order chi connectivity index (χ0) is 41.1. The van der Waals surface area contributed by atoms with Crippen molar-refractivity contribution in [1.29, 1.82) is 0 Å². The average Bonchev–Trinajstić information content (AvgIpc) is 3.62. The Morgan fingerprint density at radius 2 is 1.07 bits per heavy atom. The summed E-state index contributed by atoms with van der Waals surface area (Å²) in [6.45, 7) is 0. The van der Waals surface area contributed by atoms with Crippen molar-refractivity contribution < 1.29 is 17.8 Å². The minimum absolute atomic E-state index is 0.0465. The predicted molar refractivity (Wildman–Crippen MR) is 190 cm³/mol. The third-order valence-corrected chi connectivity index (χ3v) is 8.09. The summed E-state index contributed by atoms with van der Waals surface area (Å²) in [7, 11) is 0. The third-order valence-electron chi connectivity index (χ3n) is 8.09. The van der Waals surface area contributed by atoms with Gasteiger partial charge in [-0.05, 0) is 84.9 Å². The first kappa shape index (κ1) is 15.7. The van der Waals surface area contributed by atoms with Crippen molar-refractivity contribution in [1.82, 2.24) is 9.55 Å². The second-order valence-corrected chi connectivity index (χ2v) is 10.6. The zero-order valence-corrected chi connectivity index (χ0v) is 23.6. The summed E-state index contributed by atoms with van der Waals surface area (Å²) in [5, 5.41) is 1.98. The Kier molecular flexibility index (Phi) is 3.59. The lowest BCUT2D eigenvalue weighted by atomic mass is 9.85. The molecule has 2 heteroatoms. The maximum atomic E-state index is 9.36. The molecule has 0 saturated heterocycles. The van der Waals surface area contributed by atoms with E-state index in [9.17, 15) is 5.48 Å². The van der Waals surface area contributed by atoms with Crippen LogP contribution in [0.15, 0.2) is 170 Å². The number of rotatable bonds is 4. The predicted octanol–water partition coefficient (Wildman–Crippen LogP) is 11.5. The van der Waals surface area contributed by atoms with Crippen molar-refractivity contribution in [3.05, 3.63) is 170 Å². The van der Waals surface area contributed by atoms with Crippen LogP contribution >= 0.6 is 0 Å². The number of aromatic nitrogens is 2. The molecular formula is C43H28N2. The molecule has 0 saturated carbocycles. The topological polar surface area (TPSA) is 17.8 Å². The molecule has 9 rings (SSSR count). The van der Waals surface area contributed by atoms with E-state index >= 15 is 0 Å². The van der Waals surface area contributed by atoms with Crippen LogP contribution in [0.5, 0.6) is 0 Å². The van der Waals surface area contributed by atoms with E-state index < -0.39 is 66.5 Å². The van der Waals surface area contributed by atoms with Gasteiger partial charge in [-0.3, -0.25) is 4.57 Å². The van der Waals surface area contributed by atoms with Gasteiger partial charge in [-0.25, -0.2) is 4.98 Å². The quantitative estimate of drug-likeness (QED) is 0.188. The van der Waals surface area contributed by atoms with Crippen LogP contribution in [-0.2, 0) is 0 Å². The molecule has 9 aromatic rings. The number of para-hydroxylation sites is 2. The maximum Gasteiger partial charge on any atom is 0.145 e. The van der Waals surface area contributed by atoms with Crippen LogP contribution in [0, 0.1) is 0 Å². The highest BCUT2D eigenvalue weighted by Crippen LogP contribution is 2.44. The zero-order valence-electron chi connectivity index (χ0n) is 36.6. The van der Waals surface area contributed by atoms with Gasteiger partial charge < -0.3 is 0 Å². The van der Waals surface area contributed by atoms with Gasteiger partial charge in [0.05, 0.1) is 28.9 Å². The Morgan fingerprint density at radius 1 is 0.467 bits per heavy atom. The van der Waals surface area contributed by atoms with Crippen LogP contribution in [0.1, 0.15) is 17.8 Å². The molecule has 0 spiro atoms. The highest BCUT2D eigenvalue weighted by molar-refractivity contribution is 6.21. The molecule has 0 bridgehead atoms. The monoisotopic (exact) mass is 585 g/mol. The highest BCUT2D eigenvalue weighted by atomic mass is 15.1. The van der Waals surface area contributed by atoms with Gasteiger partial charge in [0, 0.05) is 11.3 Å². The van der Waals surface area contributed by atoms with Crippen LogP contribution < -0.4 is 0 Å². The molecule has 1 heterocycles. The largest absolute Gasteiger partial charge is 0.292 e. The van der Waals surface area contributed by atoms with Gasteiger partial charge in [-0.15, -0.1) is 0 Å². The first-order valence-corrected chi connectivity index (χ1v) is 14.3. The standard InChI is InChI=1S/C43H28N2/c1-2-14-30(15-3-1)43-44-39-23-10-11-24-40(39)45(43)34-18-12-17-32(28-34)41-35-19-6-8-21-37(35)42(38-22-9-7-20-36(38)41)33-26-25-29-13-4-5-16-31(29)27-33/h1-28H/i1D,2D,3D,6D,7D,8D,9D,14D,15D,19D,20D,21D,22D. The van der Waals surface area contributed by atoms with Gasteiger partial charge >= 0.3 is 0 Å². The first-order valence-electron chi connectivity index (χ1n) is 20.8. The summed E-state index contributed by atoms with van der Waals surface area (Å²) < 4.78 is 117. The highest BCUT2D eigenvalue weighted by Gasteiger charge is 2.19. The van der Waals surface area contributed by atoms with E-state index in [1.165, 1.54) is 0 Å². The number of nitrogens with zero attached hydrogens (tertiary/aromatic N) is 2. The van der Waals surface area contributed by atoms with E-state index in [1.54, 1.807) is 59.2 Å². The Balaban J connectivity index is 1.45. The Bertz CT molecular complexity index is 3170. The number of benzene rings is 8. The molecule has 0 N–H and O–H groups in total. The number of hydrogen-bond donors (Lipinski definition) is 0. The molecule has 0 radical (unpaired) electrons. The van der Waals surface area contributed by atoms with Crippen molar-refractivity contribution in [3.63, 3.8) is 0 Å². The Labute approximate surface area is 279 Å². The summed E-state index contributed by atoms with van der Waals surface area (Å²) in [4.78, 5) is 4.75. The lowest BCUT2D eigenvalue weighted by Gasteiger charge is -2.19. The molecule has 0 unspecified atom stereocenters. The van der Waals surface area contributed by atoms with Gasteiger partial charge in [-0.2, -0.15) is 0 Å². The van der Waals surface area contributed by atoms with Crippen molar-refractivity contribution in [2.45, 2.75) is 0 Å². The van der Waals surface area contributed by atoms with E-state index in [1.807, 2.05) is 36.4 Å². The van der Waals surface area contributed by atoms with Crippen LogP contribution in [-0.4, -0.2) is 9.55 Å². The van der Waals surface area contributed by atoms with E-state index in [4.69, 9.17) is 17.3 Å². The van der Waals surface area contributed by atoms with Crippen LogP contribution in [0.2, 0.25) is 0 Å². The van der Waals surface area contributed by atoms with Crippen LogP contribution in [0.4, 0.5) is 0 Å². The van der Waals surface area contributed by atoms with Crippen LogP contribution in [0.25, 0.3) is 82.7 Å². The van der Waals surface area contributed by atoms with Crippen molar-refractivity contribution in [2.75, 3.05) is 0 Å². The molecule has 0 aliphatic carbocycles. The van der Waals surface area contributed by atoms with Crippen molar-refractivity contribution >= 4 is 43.4 Å². The maximum absolute atomic E-state index is 9.36. The van der Waals surface area contributed by atoms with Gasteiger partial charge in [0.1, 0.15) is 5.82 Å². The average molecular weight is 586 g/mol. The minimum atomic E-state index is -0.552. The normalized spacial score (nSPS) is 15.6. The smallest absolute Gasteiger partial charge is 0.145 e. The van der Waals surface area contributed by atoms with Gasteiger partial charge in [0.2, 0.25) is 0 Å². The number of imidazole rings is 1. The second-order valence-electron chi connectivity index (χ2n) is 10.6. The Hall–Kier alpha value is -5.99. The van der Waals surface area contributed by atoms with Crippen LogP contribution in [0.3, 0.4) is 0 Å². The molecule has 0 amide bonds. The summed E-state index contributed by atoms with van der Waals surface area (Å²) in [6, 6.07) is 20.7. The molecule has 0 fully saturated rings. The fourth-order valence-corrected chi connectivity index (χ4v) is 6.16. The molecule has 0 aliphatic heterocycles. The fourth-order valence-electron chi connectivity index (χ4n) is 6.16. The van der Waals surface area contributed by atoms with Crippen molar-refractivity contribution in [3.8, 4) is 39.3 Å². The Morgan fingerprint density at radius 3 is 1.78 bits per heavy atom. The minimum Gasteiger partial charge on any atom is -0.292 e. The van der Waals surface area contributed by atoms with E-state index in [-0.39, 0.29) is 56.1 Å². The molecule has 0 atom stereocenters. The van der Waals surface area contributed by atoms with E-state index in [0.29, 0.717) is 27.8 Å². The van der Waals surface area contributed by atoms with Crippen molar-refractivity contribution in [2.24, 2.45) is 0 Å². The van der Waals surface area contributed by atoms with E-state index in [0.717, 1.165) is 10.8 Å². The van der Waals surface area contributed by atoms with Gasteiger partial charge in [0.25, 0.3) is 0 Å². The van der Waals surface area contributed by atoms with Gasteiger partial charge in [-0.1, -0.05) is 139 Å². The fraction of sp³-hybridized carbons (Fsp3) is 0. The molecule has 2 nitrogen and oxygen atoms in total. The summed E-state index contributed by atoms with van der Waals surface area (Å²) in [5.41, 5.74) is 2.47. The second kappa shape index (κ2) is 10.3. The lowest BCUT2D eigenvalue weighted by molar-refractivity contribution is 1.10. The molecule has 210 valence electrons. The molecule has 0 aliphatic rings. The molecule has 1 aromatic heterocycles. The summed E-state index contributed by atoms with van der Waals surface area (Å²) in [5.74, 6) is 0.0561. The van der Waals surface area contributed by atoms with E-state index in [2.05, 4.69) is 0 Å². The molecule has 8 aromatic carbocycles. The number of hydrogen-bond acceptors (Lipinski definition) is 1. The third kappa shape index (κ3) is 4.15. The summed E-state index contributed by atoms with van der Waals surface area (Å²) in [6.07, 6.45) is 0. The van der Waals surface area contributed by atoms with Gasteiger partial charge in [0.15, 0.2) is 0 Å². The first-order chi connectivity index (χ1) is 27.7. The SMILES string of the molecule is [2H]c1c([2H])c([2H])c(-c2nc3ccccc3n2-c2cccc(-c3c4c([2H])c([2H])c([2H])c([2H])c4c(-c4ccc5ccccc5c4)c4c([2H])c([2H])c([2H])c([2H])c34)c2)c([2H])c1[2H]. The molecular weight excluding hydrogens is 544 g/mol. The number of fused-ring (bicyclic) bond motifs is 4.